The Balaban J connectivity index is 1.73. The van der Waals surface area contributed by atoms with E-state index in [4.69, 9.17) is 9.47 Å². The Morgan fingerprint density at radius 3 is 2.53 bits per heavy atom. The maximum Gasteiger partial charge on any atom is 0.416 e. The number of carbonyl (C=O) groups is 1. The number of ether oxygens (including phenoxy) is 2. The van der Waals surface area contributed by atoms with E-state index in [9.17, 15) is 23.1 Å². The van der Waals surface area contributed by atoms with E-state index in [1.54, 1.807) is 18.4 Å². The quantitative estimate of drug-likeness (QED) is 0.436. The van der Waals surface area contributed by atoms with Crippen molar-refractivity contribution in [3.05, 3.63) is 70.2 Å². The maximum absolute atomic E-state index is 12.7. The largest absolute Gasteiger partial charge is 0.487 e. The molecule has 3 aromatic rings. The fraction of sp³-hybridized carbons (Fsp3) is 0.304. The third kappa shape index (κ3) is 5.86. The number of halogens is 3. The van der Waals surface area contributed by atoms with Gasteiger partial charge in [0.1, 0.15) is 17.4 Å². The van der Waals surface area contributed by atoms with Crippen LogP contribution < -0.4 is 4.74 Å². The Kier molecular flexibility index (Phi) is 7.52. The van der Waals surface area contributed by atoms with Crippen LogP contribution in [0.2, 0.25) is 0 Å². The lowest BCUT2D eigenvalue weighted by Gasteiger charge is -2.17. The smallest absolute Gasteiger partial charge is 0.416 e. The number of carboxylic acid groups (broad SMARTS) is 1. The van der Waals surface area contributed by atoms with E-state index in [0.717, 1.165) is 17.7 Å². The van der Waals surface area contributed by atoms with Gasteiger partial charge in [-0.05, 0) is 37.1 Å². The van der Waals surface area contributed by atoms with Crippen LogP contribution in [0.1, 0.15) is 29.3 Å². The van der Waals surface area contributed by atoms with Crippen LogP contribution in [0, 0.1) is 6.92 Å². The molecule has 1 unspecified atom stereocenters. The summed E-state index contributed by atoms with van der Waals surface area (Å²) in [6, 6.07) is 10.3. The number of aryl methyl sites for hydroxylation is 1. The van der Waals surface area contributed by atoms with E-state index in [2.05, 4.69) is 4.98 Å². The van der Waals surface area contributed by atoms with Crippen molar-refractivity contribution in [3.63, 3.8) is 0 Å². The molecule has 170 valence electrons. The number of para-hydroxylation sites is 1. The third-order valence-corrected chi connectivity index (χ3v) is 5.66. The number of hydrogen-bond donors (Lipinski definition) is 1. The second-order valence-electron chi connectivity index (χ2n) is 7.06. The van der Waals surface area contributed by atoms with Crippen LogP contribution in [0.5, 0.6) is 5.75 Å². The molecule has 5 nitrogen and oxygen atoms in total. The van der Waals surface area contributed by atoms with Gasteiger partial charge in [-0.3, -0.25) is 0 Å². The first-order valence-electron chi connectivity index (χ1n) is 9.86. The Bertz CT molecular complexity index is 1060. The minimum atomic E-state index is -4.38. The van der Waals surface area contributed by atoms with Gasteiger partial charge in [0.05, 0.1) is 11.3 Å². The van der Waals surface area contributed by atoms with E-state index in [1.807, 2.05) is 19.1 Å². The van der Waals surface area contributed by atoms with Gasteiger partial charge in [-0.15, -0.1) is 11.3 Å². The van der Waals surface area contributed by atoms with Gasteiger partial charge in [-0.2, -0.15) is 13.2 Å². The fourth-order valence-corrected chi connectivity index (χ4v) is 3.96. The molecule has 1 atom stereocenters. The zero-order chi connectivity index (χ0) is 23.3. The molecule has 1 N–H and O–H groups in total. The minimum Gasteiger partial charge on any atom is -0.487 e. The van der Waals surface area contributed by atoms with Crippen LogP contribution in [-0.2, 0) is 28.7 Å². The van der Waals surface area contributed by atoms with Gasteiger partial charge in [0.2, 0.25) is 0 Å². The van der Waals surface area contributed by atoms with Crippen molar-refractivity contribution in [3.8, 4) is 16.3 Å². The summed E-state index contributed by atoms with van der Waals surface area (Å²) in [5.74, 6) is -0.470. The van der Waals surface area contributed by atoms with Crippen molar-refractivity contribution in [2.45, 2.75) is 39.2 Å². The highest BCUT2D eigenvalue weighted by atomic mass is 32.1. The predicted molar refractivity (Wildman–Crippen MR) is 115 cm³/mol. The highest BCUT2D eigenvalue weighted by Gasteiger charge is 2.30. The SMILES string of the molecule is CCOC(Cc1cccc(C)c1OCc1csc(-c2ccc(C(F)(F)F)cc2)n1)C(=O)O. The Morgan fingerprint density at radius 2 is 1.91 bits per heavy atom. The topological polar surface area (TPSA) is 68.7 Å². The van der Waals surface area contributed by atoms with Gasteiger partial charge in [0, 0.05) is 24.0 Å². The first-order chi connectivity index (χ1) is 15.2. The van der Waals surface area contributed by atoms with E-state index < -0.39 is 23.8 Å². The van der Waals surface area contributed by atoms with E-state index in [0.29, 0.717) is 27.6 Å². The number of carboxylic acids is 1. The van der Waals surface area contributed by atoms with E-state index in [1.165, 1.54) is 23.5 Å². The Morgan fingerprint density at radius 1 is 1.19 bits per heavy atom. The number of thiazole rings is 1. The van der Waals surface area contributed by atoms with Crippen molar-refractivity contribution >= 4 is 17.3 Å². The predicted octanol–water partition coefficient (Wildman–Crippen LogP) is 5.75. The summed E-state index contributed by atoms with van der Waals surface area (Å²) >= 11 is 1.31. The van der Waals surface area contributed by atoms with Crippen molar-refractivity contribution in [1.29, 1.82) is 0 Å². The summed E-state index contributed by atoms with van der Waals surface area (Å²) < 4.78 is 49.5. The molecule has 2 aromatic carbocycles. The molecular weight excluding hydrogens is 443 g/mol. The molecule has 0 spiro atoms. The molecule has 0 aliphatic rings. The normalized spacial score (nSPS) is 12.5. The van der Waals surface area contributed by atoms with Gasteiger partial charge in [-0.25, -0.2) is 9.78 Å². The molecule has 0 bridgehead atoms. The number of hydrogen-bond acceptors (Lipinski definition) is 5. The molecular formula is C23H22F3NO4S. The average Bonchev–Trinajstić information content (AvgIpc) is 3.21. The number of rotatable bonds is 9. The zero-order valence-electron chi connectivity index (χ0n) is 17.5. The zero-order valence-corrected chi connectivity index (χ0v) is 18.3. The average molecular weight is 465 g/mol. The maximum atomic E-state index is 12.7. The van der Waals surface area contributed by atoms with Gasteiger partial charge in [0.15, 0.2) is 6.10 Å². The minimum absolute atomic E-state index is 0.140. The van der Waals surface area contributed by atoms with Gasteiger partial charge in [-0.1, -0.05) is 30.3 Å². The number of nitrogens with zero attached hydrogens (tertiary/aromatic N) is 1. The van der Waals surface area contributed by atoms with E-state index >= 15 is 0 Å². The molecule has 0 saturated heterocycles. The fourth-order valence-electron chi connectivity index (χ4n) is 3.15. The van der Waals surface area contributed by atoms with Gasteiger partial charge < -0.3 is 14.6 Å². The second-order valence-corrected chi connectivity index (χ2v) is 7.92. The number of aromatic nitrogens is 1. The summed E-state index contributed by atoms with van der Waals surface area (Å²) in [6.07, 6.45) is -5.20. The number of alkyl halides is 3. The van der Waals surface area contributed by atoms with Crippen molar-refractivity contribution in [2.24, 2.45) is 0 Å². The van der Waals surface area contributed by atoms with Crippen molar-refractivity contribution < 1.29 is 32.5 Å². The molecule has 9 heteroatoms. The van der Waals surface area contributed by atoms with Crippen molar-refractivity contribution in [1.82, 2.24) is 4.98 Å². The lowest BCUT2D eigenvalue weighted by molar-refractivity contribution is -0.150. The molecule has 32 heavy (non-hydrogen) atoms. The molecule has 3 rings (SSSR count). The summed E-state index contributed by atoms with van der Waals surface area (Å²) in [6.45, 7) is 4.02. The molecule has 0 saturated carbocycles. The lowest BCUT2D eigenvalue weighted by Crippen LogP contribution is -2.26. The summed E-state index contributed by atoms with van der Waals surface area (Å²) in [7, 11) is 0. The molecule has 1 aromatic heterocycles. The van der Waals surface area contributed by atoms with Gasteiger partial charge >= 0.3 is 12.1 Å². The Hall–Kier alpha value is -2.91. The molecule has 0 radical (unpaired) electrons. The highest BCUT2D eigenvalue weighted by Crippen LogP contribution is 2.32. The summed E-state index contributed by atoms with van der Waals surface area (Å²) in [5.41, 5.74) is 2.07. The molecule has 0 aliphatic heterocycles. The van der Waals surface area contributed by atoms with E-state index in [-0.39, 0.29) is 19.6 Å². The standard InChI is InChI=1S/C23H22F3NO4S/c1-3-30-19(22(28)29)11-16-6-4-5-14(2)20(16)31-12-18-13-32-21(27-18)15-7-9-17(10-8-15)23(24,25)26/h4-10,13,19H,3,11-12H2,1-2H3,(H,28,29). The van der Waals surface area contributed by atoms with Crippen LogP contribution in [0.25, 0.3) is 10.6 Å². The summed E-state index contributed by atoms with van der Waals surface area (Å²) in [5, 5.41) is 11.7. The number of aliphatic carboxylic acids is 1. The molecule has 0 amide bonds. The first kappa shape index (κ1) is 23.7. The van der Waals surface area contributed by atoms with Crippen LogP contribution in [-0.4, -0.2) is 28.8 Å². The van der Waals surface area contributed by atoms with Crippen LogP contribution in [0.4, 0.5) is 13.2 Å². The van der Waals surface area contributed by atoms with Crippen LogP contribution in [0.15, 0.2) is 47.8 Å². The highest BCUT2D eigenvalue weighted by molar-refractivity contribution is 7.13. The van der Waals surface area contributed by atoms with Crippen molar-refractivity contribution in [2.75, 3.05) is 6.61 Å². The molecule has 0 fully saturated rings. The van der Waals surface area contributed by atoms with Gasteiger partial charge in [0.25, 0.3) is 0 Å². The summed E-state index contributed by atoms with van der Waals surface area (Å²) in [4.78, 5) is 15.9. The molecule has 1 heterocycles. The monoisotopic (exact) mass is 465 g/mol. The molecule has 0 aliphatic carbocycles. The van der Waals surface area contributed by atoms with Crippen LogP contribution in [0.3, 0.4) is 0 Å². The number of benzene rings is 2. The lowest BCUT2D eigenvalue weighted by atomic mass is 10.0. The van der Waals surface area contributed by atoms with Crippen LogP contribution >= 0.6 is 11.3 Å². The second kappa shape index (κ2) is 10.1. The Labute approximate surface area is 187 Å². The first-order valence-corrected chi connectivity index (χ1v) is 10.7. The third-order valence-electron chi connectivity index (χ3n) is 4.72.